The monoisotopic (exact) mass is 382 g/mol. The molecule has 5 heteroatoms. The van der Waals surface area contributed by atoms with Crippen molar-refractivity contribution in [3.8, 4) is 11.3 Å². The molecule has 2 aromatic carbocycles. The molecule has 0 aliphatic rings. The number of benzene rings is 2. The summed E-state index contributed by atoms with van der Waals surface area (Å²) in [6.07, 6.45) is 2.44. The molecule has 1 aromatic heterocycles. The molecule has 1 heterocycles. The maximum atomic E-state index is 12.2. The van der Waals surface area contributed by atoms with E-state index in [4.69, 9.17) is 16.0 Å². The Labute approximate surface area is 164 Å². The van der Waals surface area contributed by atoms with Crippen molar-refractivity contribution in [1.29, 1.82) is 0 Å². The summed E-state index contributed by atoms with van der Waals surface area (Å²) >= 11 is 5.98. The molecule has 0 aliphatic heterocycles. The van der Waals surface area contributed by atoms with Gasteiger partial charge in [-0.2, -0.15) is 0 Å². The Kier molecular flexibility index (Phi) is 5.97. The molecule has 0 aliphatic carbocycles. The molecule has 0 bridgehead atoms. The largest absolute Gasteiger partial charge is 0.441 e. The fraction of sp³-hybridized carbons (Fsp3) is 0.273. The Bertz CT molecular complexity index is 930. The molecule has 140 valence electrons. The second-order valence-electron chi connectivity index (χ2n) is 6.90. The lowest BCUT2D eigenvalue weighted by atomic mass is 10.0. The number of aromatic nitrogens is 1. The van der Waals surface area contributed by atoms with Gasteiger partial charge in [0.15, 0.2) is 11.7 Å². The Balaban J connectivity index is 1.59. The summed E-state index contributed by atoms with van der Waals surface area (Å²) in [5.41, 5.74) is 3.96. The van der Waals surface area contributed by atoms with Gasteiger partial charge in [0, 0.05) is 29.1 Å². The lowest BCUT2D eigenvalue weighted by Gasteiger charge is -2.08. The van der Waals surface area contributed by atoms with Gasteiger partial charge < -0.3 is 9.73 Å². The van der Waals surface area contributed by atoms with Crippen molar-refractivity contribution in [2.75, 3.05) is 5.32 Å². The van der Waals surface area contributed by atoms with Crippen molar-refractivity contribution in [3.63, 3.8) is 0 Å². The fourth-order valence-electron chi connectivity index (χ4n) is 2.75. The first-order chi connectivity index (χ1) is 12.9. The third-order valence-corrected chi connectivity index (χ3v) is 4.69. The highest BCUT2D eigenvalue weighted by Gasteiger charge is 2.11. The van der Waals surface area contributed by atoms with Crippen LogP contribution in [0.3, 0.4) is 0 Å². The topological polar surface area (TPSA) is 55.1 Å². The second-order valence-corrected chi connectivity index (χ2v) is 7.34. The van der Waals surface area contributed by atoms with E-state index < -0.39 is 0 Å². The molecule has 0 fully saturated rings. The number of carbonyl (C=O) groups excluding carboxylic acids is 1. The van der Waals surface area contributed by atoms with Gasteiger partial charge in [-0.1, -0.05) is 55.8 Å². The lowest BCUT2D eigenvalue weighted by molar-refractivity contribution is -0.116. The van der Waals surface area contributed by atoms with E-state index in [1.54, 1.807) is 18.3 Å². The van der Waals surface area contributed by atoms with Crippen LogP contribution in [-0.2, 0) is 11.2 Å². The van der Waals surface area contributed by atoms with Gasteiger partial charge in [0.05, 0.1) is 6.20 Å². The summed E-state index contributed by atoms with van der Waals surface area (Å²) in [7, 11) is 0. The van der Waals surface area contributed by atoms with Crippen molar-refractivity contribution in [1.82, 2.24) is 4.98 Å². The van der Waals surface area contributed by atoms with Crippen molar-refractivity contribution in [2.45, 2.75) is 39.5 Å². The zero-order chi connectivity index (χ0) is 19.4. The summed E-state index contributed by atoms with van der Waals surface area (Å²) in [6, 6.07) is 13.7. The minimum Gasteiger partial charge on any atom is -0.441 e. The first kappa shape index (κ1) is 19.2. The number of rotatable bonds is 6. The molecule has 0 spiro atoms. The molecule has 3 aromatic rings. The maximum Gasteiger partial charge on any atom is 0.224 e. The highest BCUT2D eigenvalue weighted by Crippen LogP contribution is 2.24. The van der Waals surface area contributed by atoms with E-state index in [-0.39, 0.29) is 12.3 Å². The summed E-state index contributed by atoms with van der Waals surface area (Å²) in [5.74, 6) is 1.66. The maximum absolute atomic E-state index is 12.2. The molecule has 0 atom stereocenters. The highest BCUT2D eigenvalue weighted by atomic mass is 35.5. The molecule has 1 amide bonds. The summed E-state index contributed by atoms with van der Waals surface area (Å²) < 4.78 is 5.80. The van der Waals surface area contributed by atoms with Gasteiger partial charge in [0.1, 0.15) is 0 Å². The molecule has 0 saturated carbocycles. The smallest absolute Gasteiger partial charge is 0.224 e. The van der Waals surface area contributed by atoms with E-state index in [1.165, 1.54) is 5.56 Å². The molecule has 4 nitrogen and oxygen atoms in total. The summed E-state index contributed by atoms with van der Waals surface area (Å²) in [6.45, 7) is 6.26. The first-order valence-corrected chi connectivity index (χ1v) is 9.41. The quantitative estimate of drug-likeness (QED) is 0.569. The van der Waals surface area contributed by atoms with E-state index in [1.807, 2.05) is 25.1 Å². The van der Waals surface area contributed by atoms with Gasteiger partial charge >= 0.3 is 0 Å². The van der Waals surface area contributed by atoms with Crippen molar-refractivity contribution < 1.29 is 9.21 Å². The molecule has 3 rings (SSSR count). The van der Waals surface area contributed by atoms with E-state index in [0.29, 0.717) is 29.0 Å². The summed E-state index contributed by atoms with van der Waals surface area (Å²) in [5, 5.41) is 3.48. The number of nitrogens with zero attached hydrogens (tertiary/aromatic N) is 1. The fourth-order valence-corrected chi connectivity index (χ4v) is 2.93. The van der Waals surface area contributed by atoms with Crippen LogP contribution in [0.15, 0.2) is 53.1 Å². The number of hydrogen-bond donors (Lipinski definition) is 1. The van der Waals surface area contributed by atoms with Gasteiger partial charge in [-0.3, -0.25) is 4.79 Å². The van der Waals surface area contributed by atoms with Gasteiger partial charge in [0.2, 0.25) is 5.91 Å². The predicted octanol–water partition coefficient (Wildman–Crippen LogP) is 6.00. The molecular formula is C22H23ClN2O2. The number of hydrogen-bond acceptors (Lipinski definition) is 3. The van der Waals surface area contributed by atoms with E-state index in [9.17, 15) is 4.79 Å². The number of anilines is 1. The number of carbonyl (C=O) groups is 1. The Morgan fingerprint density at radius 2 is 1.93 bits per heavy atom. The number of nitrogens with one attached hydrogen (secondary N) is 1. The predicted molar refractivity (Wildman–Crippen MR) is 109 cm³/mol. The van der Waals surface area contributed by atoms with Crippen LogP contribution in [0.1, 0.15) is 43.2 Å². The third-order valence-electron chi connectivity index (χ3n) is 4.46. The zero-order valence-electron chi connectivity index (χ0n) is 15.8. The molecular weight excluding hydrogens is 360 g/mol. The van der Waals surface area contributed by atoms with Crippen LogP contribution < -0.4 is 5.32 Å². The van der Waals surface area contributed by atoms with Crippen LogP contribution in [0.25, 0.3) is 11.3 Å². The highest BCUT2D eigenvalue weighted by molar-refractivity contribution is 6.31. The van der Waals surface area contributed by atoms with E-state index >= 15 is 0 Å². The molecule has 0 radical (unpaired) electrons. The van der Waals surface area contributed by atoms with Crippen molar-refractivity contribution in [2.24, 2.45) is 0 Å². The van der Waals surface area contributed by atoms with Gasteiger partial charge in [-0.15, -0.1) is 0 Å². The Morgan fingerprint density at radius 3 is 2.63 bits per heavy atom. The normalized spacial score (nSPS) is 11.0. The van der Waals surface area contributed by atoms with E-state index in [0.717, 1.165) is 16.8 Å². The van der Waals surface area contributed by atoms with Crippen LogP contribution in [0, 0.1) is 6.92 Å². The molecule has 0 unspecified atom stereocenters. The van der Waals surface area contributed by atoms with Gasteiger partial charge in [-0.25, -0.2) is 4.98 Å². The van der Waals surface area contributed by atoms with Crippen LogP contribution in [0.2, 0.25) is 5.02 Å². The molecule has 1 N–H and O–H groups in total. The average Bonchev–Trinajstić information content (AvgIpc) is 3.12. The standard InChI is InChI=1S/C22H23ClN2O2/c1-14(2)16-5-7-17(8-6-16)20-13-24-22(27-20)11-10-21(26)25-19-12-18(23)9-4-15(19)3/h4-9,12-14H,10-11H2,1-3H3,(H,25,26). The van der Waals surface area contributed by atoms with Gasteiger partial charge in [-0.05, 0) is 36.1 Å². The number of halogens is 1. The SMILES string of the molecule is Cc1ccc(Cl)cc1NC(=O)CCc1ncc(-c2ccc(C(C)C)cc2)o1. The van der Waals surface area contributed by atoms with E-state index in [2.05, 4.69) is 36.3 Å². The number of aryl methyl sites for hydroxylation is 2. The number of oxazole rings is 1. The lowest BCUT2D eigenvalue weighted by Crippen LogP contribution is -2.13. The minimum absolute atomic E-state index is 0.0959. The van der Waals surface area contributed by atoms with Crippen molar-refractivity contribution in [3.05, 3.63) is 70.7 Å². The van der Waals surface area contributed by atoms with Gasteiger partial charge in [0.25, 0.3) is 0 Å². The third kappa shape index (κ3) is 4.98. The molecule has 27 heavy (non-hydrogen) atoms. The Morgan fingerprint density at radius 1 is 1.19 bits per heavy atom. The van der Waals surface area contributed by atoms with Crippen LogP contribution in [0.5, 0.6) is 0 Å². The molecule has 0 saturated heterocycles. The second kappa shape index (κ2) is 8.40. The van der Waals surface area contributed by atoms with Crippen LogP contribution in [0.4, 0.5) is 5.69 Å². The minimum atomic E-state index is -0.0959. The first-order valence-electron chi connectivity index (χ1n) is 9.03. The van der Waals surface area contributed by atoms with Crippen LogP contribution >= 0.6 is 11.6 Å². The van der Waals surface area contributed by atoms with Crippen molar-refractivity contribution >= 4 is 23.2 Å². The summed E-state index contributed by atoms with van der Waals surface area (Å²) in [4.78, 5) is 16.5. The zero-order valence-corrected chi connectivity index (χ0v) is 16.5. The Hall–Kier alpha value is -2.59. The van der Waals surface area contributed by atoms with Crippen LogP contribution in [-0.4, -0.2) is 10.9 Å². The average molecular weight is 383 g/mol. The number of amides is 1.